The average Bonchev–Trinajstić information content (AvgIpc) is 3.44. The lowest BCUT2D eigenvalue weighted by Gasteiger charge is -2.09. The van der Waals surface area contributed by atoms with E-state index in [0.717, 1.165) is 22.7 Å². The Labute approximate surface area is 229 Å². The van der Waals surface area contributed by atoms with E-state index in [9.17, 15) is 9.90 Å². The molecule has 0 bridgehead atoms. The third-order valence-electron chi connectivity index (χ3n) is 5.95. The molecular formula is C30H25N3O5S. The number of aliphatic carboxylic acids is 1. The zero-order valence-electron chi connectivity index (χ0n) is 21.3. The van der Waals surface area contributed by atoms with Crippen molar-refractivity contribution in [2.24, 2.45) is 0 Å². The first kappa shape index (κ1) is 25.9. The van der Waals surface area contributed by atoms with Gasteiger partial charge in [-0.1, -0.05) is 54.6 Å². The topological polar surface area (TPSA) is 107 Å². The standard InChI is InChI=1S/C30H25N3O5S/c1-36-24-15-22(16-25(17-24)37-2)28-31-30(33-32-28)39-27(29(34)35)14-19-10-12-23(13-11-19)38-18-21-8-5-7-20-6-3-4-9-26(20)21/h3-17H,18H2,1-2H3,(H,34,35)(H,31,32,33)/b27-14-. The van der Waals surface area contributed by atoms with Gasteiger partial charge in [0, 0.05) is 11.6 Å². The van der Waals surface area contributed by atoms with Crippen LogP contribution in [0, 0.1) is 0 Å². The molecule has 0 spiro atoms. The van der Waals surface area contributed by atoms with Crippen molar-refractivity contribution in [2.45, 2.75) is 11.8 Å². The number of methoxy groups -OCH3 is 2. The quantitative estimate of drug-likeness (QED) is 0.154. The number of carbonyl (C=O) groups is 1. The van der Waals surface area contributed by atoms with Crippen LogP contribution >= 0.6 is 11.8 Å². The third kappa shape index (κ3) is 6.22. The van der Waals surface area contributed by atoms with Crippen LogP contribution in [0.4, 0.5) is 0 Å². The largest absolute Gasteiger partial charge is 0.497 e. The molecule has 9 heteroatoms. The van der Waals surface area contributed by atoms with Crippen LogP contribution in [-0.4, -0.2) is 40.5 Å². The molecule has 0 saturated carbocycles. The molecule has 0 saturated heterocycles. The number of hydrogen-bond acceptors (Lipinski definition) is 7. The Morgan fingerprint density at radius 1 is 0.923 bits per heavy atom. The molecule has 0 aliphatic carbocycles. The van der Waals surface area contributed by atoms with Gasteiger partial charge < -0.3 is 19.3 Å². The number of H-pyrrole nitrogens is 1. The van der Waals surface area contributed by atoms with Gasteiger partial charge in [0.15, 0.2) is 5.82 Å². The second-order valence-corrected chi connectivity index (χ2v) is 9.49. The van der Waals surface area contributed by atoms with E-state index < -0.39 is 5.97 Å². The first-order valence-corrected chi connectivity index (χ1v) is 12.8. The molecule has 0 atom stereocenters. The van der Waals surface area contributed by atoms with Gasteiger partial charge in [-0.05, 0) is 64.0 Å². The summed E-state index contributed by atoms with van der Waals surface area (Å²) in [4.78, 5) is 16.5. The summed E-state index contributed by atoms with van der Waals surface area (Å²) in [5.41, 5.74) is 2.51. The number of carboxylic acids is 1. The van der Waals surface area contributed by atoms with Crippen LogP contribution in [0.3, 0.4) is 0 Å². The molecule has 0 amide bonds. The summed E-state index contributed by atoms with van der Waals surface area (Å²) in [5, 5.41) is 19.4. The Morgan fingerprint density at radius 3 is 2.36 bits per heavy atom. The van der Waals surface area contributed by atoms with E-state index >= 15 is 0 Å². The van der Waals surface area contributed by atoms with Crippen molar-refractivity contribution in [3.05, 3.63) is 101 Å². The highest BCUT2D eigenvalue weighted by Gasteiger charge is 2.15. The lowest BCUT2D eigenvalue weighted by atomic mass is 10.1. The summed E-state index contributed by atoms with van der Waals surface area (Å²) in [6.07, 6.45) is 1.58. The fourth-order valence-electron chi connectivity index (χ4n) is 3.99. The molecule has 0 aliphatic rings. The number of aromatic amines is 1. The number of carboxylic acid groups (broad SMARTS) is 1. The first-order chi connectivity index (χ1) is 19.0. The lowest BCUT2D eigenvalue weighted by molar-refractivity contribution is -0.131. The monoisotopic (exact) mass is 539 g/mol. The van der Waals surface area contributed by atoms with Crippen molar-refractivity contribution in [1.29, 1.82) is 0 Å². The highest BCUT2D eigenvalue weighted by molar-refractivity contribution is 8.04. The summed E-state index contributed by atoms with van der Waals surface area (Å²) in [7, 11) is 3.13. The number of ether oxygens (including phenoxy) is 3. The molecule has 39 heavy (non-hydrogen) atoms. The fourth-order valence-corrected chi connectivity index (χ4v) is 4.70. The molecule has 1 aromatic heterocycles. The summed E-state index contributed by atoms with van der Waals surface area (Å²) >= 11 is 0.954. The van der Waals surface area contributed by atoms with Gasteiger partial charge in [-0.2, -0.15) is 0 Å². The Balaban J connectivity index is 1.28. The third-order valence-corrected chi connectivity index (χ3v) is 6.83. The van der Waals surface area contributed by atoms with Crippen LogP contribution in [0.2, 0.25) is 0 Å². The van der Waals surface area contributed by atoms with Crippen LogP contribution in [0.1, 0.15) is 11.1 Å². The van der Waals surface area contributed by atoms with E-state index in [1.54, 1.807) is 38.5 Å². The van der Waals surface area contributed by atoms with Crippen molar-refractivity contribution in [2.75, 3.05) is 14.2 Å². The van der Waals surface area contributed by atoms with Gasteiger partial charge in [-0.3, -0.25) is 5.10 Å². The smallest absolute Gasteiger partial charge is 0.342 e. The average molecular weight is 540 g/mol. The van der Waals surface area contributed by atoms with Crippen molar-refractivity contribution in [3.8, 4) is 28.6 Å². The number of nitrogens with one attached hydrogen (secondary N) is 1. The SMILES string of the molecule is COc1cc(OC)cc(-c2nc(S/C(=C\c3ccc(OCc4cccc5ccccc45)cc3)C(=O)O)n[nH]2)c1. The second-order valence-electron chi connectivity index (χ2n) is 8.48. The minimum Gasteiger partial charge on any atom is -0.497 e. The first-order valence-electron chi connectivity index (χ1n) is 12.0. The number of benzene rings is 4. The Kier molecular flexibility index (Phi) is 7.79. The Bertz CT molecular complexity index is 1620. The van der Waals surface area contributed by atoms with E-state index in [4.69, 9.17) is 14.2 Å². The predicted molar refractivity (Wildman–Crippen MR) is 151 cm³/mol. The summed E-state index contributed by atoms with van der Waals surface area (Å²) in [5.74, 6) is 1.28. The Hall–Kier alpha value is -4.76. The summed E-state index contributed by atoms with van der Waals surface area (Å²) in [6.45, 7) is 0.430. The van der Waals surface area contributed by atoms with Crippen LogP contribution in [0.5, 0.6) is 17.2 Å². The van der Waals surface area contributed by atoms with E-state index in [-0.39, 0.29) is 10.1 Å². The zero-order chi connectivity index (χ0) is 27.2. The maximum atomic E-state index is 12.0. The summed E-state index contributed by atoms with van der Waals surface area (Å²) < 4.78 is 16.6. The van der Waals surface area contributed by atoms with E-state index in [2.05, 4.69) is 39.4 Å². The molecular weight excluding hydrogens is 514 g/mol. The maximum Gasteiger partial charge on any atom is 0.342 e. The fraction of sp³-hybridized carbons (Fsp3) is 0.100. The molecule has 5 rings (SSSR count). The zero-order valence-corrected chi connectivity index (χ0v) is 22.1. The molecule has 0 aliphatic heterocycles. The molecule has 4 aromatic carbocycles. The maximum absolute atomic E-state index is 12.0. The van der Waals surface area contributed by atoms with E-state index in [1.165, 1.54) is 5.39 Å². The number of fused-ring (bicyclic) bond motifs is 1. The molecule has 2 N–H and O–H groups in total. The van der Waals surface area contributed by atoms with Crippen LogP contribution in [-0.2, 0) is 11.4 Å². The van der Waals surface area contributed by atoms with Crippen LogP contribution in [0.15, 0.2) is 95.0 Å². The predicted octanol–water partition coefficient (Wildman–Crippen LogP) is 6.44. The molecule has 0 radical (unpaired) electrons. The highest BCUT2D eigenvalue weighted by atomic mass is 32.2. The van der Waals surface area contributed by atoms with Crippen molar-refractivity contribution in [1.82, 2.24) is 15.2 Å². The molecule has 1 heterocycles. The minimum atomic E-state index is -1.08. The minimum absolute atomic E-state index is 0.0770. The number of hydrogen-bond donors (Lipinski definition) is 2. The van der Waals surface area contributed by atoms with Gasteiger partial charge in [0.05, 0.1) is 14.2 Å². The molecule has 8 nitrogen and oxygen atoms in total. The van der Waals surface area contributed by atoms with Crippen molar-refractivity contribution < 1.29 is 24.1 Å². The molecule has 0 unspecified atom stereocenters. The highest BCUT2D eigenvalue weighted by Crippen LogP contribution is 2.31. The van der Waals surface area contributed by atoms with Gasteiger partial charge in [-0.25, -0.2) is 9.78 Å². The number of nitrogens with zero attached hydrogens (tertiary/aromatic N) is 2. The van der Waals surface area contributed by atoms with Crippen molar-refractivity contribution >= 4 is 34.6 Å². The van der Waals surface area contributed by atoms with Crippen LogP contribution in [0.25, 0.3) is 28.2 Å². The Morgan fingerprint density at radius 2 is 1.64 bits per heavy atom. The van der Waals surface area contributed by atoms with Gasteiger partial charge >= 0.3 is 5.97 Å². The summed E-state index contributed by atoms with van der Waals surface area (Å²) in [6, 6.07) is 26.9. The molecule has 5 aromatic rings. The van der Waals surface area contributed by atoms with Gasteiger partial charge in [-0.15, -0.1) is 5.10 Å². The normalized spacial score (nSPS) is 11.4. The van der Waals surface area contributed by atoms with Gasteiger partial charge in [0.25, 0.3) is 0 Å². The van der Waals surface area contributed by atoms with Crippen LogP contribution < -0.4 is 14.2 Å². The molecule has 0 fully saturated rings. The van der Waals surface area contributed by atoms with Gasteiger partial charge in [0.1, 0.15) is 28.8 Å². The lowest BCUT2D eigenvalue weighted by Crippen LogP contribution is -1.98. The van der Waals surface area contributed by atoms with Crippen molar-refractivity contribution in [3.63, 3.8) is 0 Å². The van der Waals surface area contributed by atoms with Gasteiger partial charge in [0.2, 0.25) is 5.16 Å². The number of rotatable bonds is 10. The number of aromatic nitrogens is 3. The number of thioether (sulfide) groups is 1. The second kappa shape index (κ2) is 11.7. The molecule has 196 valence electrons. The van der Waals surface area contributed by atoms with E-state index in [0.29, 0.717) is 40.8 Å². The van der Waals surface area contributed by atoms with E-state index in [1.807, 2.05) is 42.5 Å².